The van der Waals surface area contributed by atoms with Crippen molar-refractivity contribution in [3.8, 4) is 34.5 Å². The fourth-order valence-corrected chi connectivity index (χ4v) is 7.19. The number of carbonyl (C=O) groups is 2. The first-order chi connectivity index (χ1) is 28.7. The van der Waals surface area contributed by atoms with Crippen LogP contribution in [0.5, 0.6) is 34.5 Å². The van der Waals surface area contributed by atoms with Crippen LogP contribution in [-0.2, 0) is 13.2 Å². The van der Waals surface area contributed by atoms with Gasteiger partial charge in [0.05, 0.1) is 34.0 Å². The molecule has 0 radical (unpaired) electrons. The molecule has 13 heteroatoms. The van der Waals surface area contributed by atoms with Crippen molar-refractivity contribution < 1.29 is 43.1 Å². The van der Waals surface area contributed by atoms with E-state index in [0.29, 0.717) is 71.9 Å². The summed E-state index contributed by atoms with van der Waals surface area (Å²) in [4.78, 5) is 28.7. The van der Waals surface area contributed by atoms with Gasteiger partial charge in [-0.25, -0.2) is 4.79 Å². The summed E-state index contributed by atoms with van der Waals surface area (Å²) in [6.45, 7) is 11.1. The fourth-order valence-electron chi connectivity index (χ4n) is 7.19. The maximum absolute atomic E-state index is 12.7. The van der Waals surface area contributed by atoms with Crippen molar-refractivity contribution in [1.82, 2.24) is 15.1 Å². The summed E-state index contributed by atoms with van der Waals surface area (Å²) in [5.74, 6) is 1.27. The Balaban J connectivity index is 0.000000222. The number of rotatable bonds is 17. The summed E-state index contributed by atoms with van der Waals surface area (Å²) >= 11 is 0. The summed E-state index contributed by atoms with van der Waals surface area (Å²) in [5.41, 5.74) is 8.16. The lowest BCUT2D eigenvalue weighted by Gasteiger charge is -2.23. The second kappa shape index (κ2) is 24.4. The molecule has 2 fully saturated rings. The first-order valence-corrected chi connectivity index (χ1v) is 20.2. The van der Waals surface area contributed by atoms with Gasteiger partial charge in [-0.2, -0.15) is 0 Å². The minimum absolute atomic E-state index is 0.0794. The summed E-state index contributed by atoms with van der Waals surface area (Å²) in [7, 11) is 6.03. The van der Waals surface area contributed by atoms with Gasteiger partial charge in [0.2, 0.25) is 11.5 Å². The fraction of sp³-hybridized carbons (Fsp3) is 0.435. The van der Waals surface area contributed by atoms with Crippen LogP contribution in [0.1, 0.15) is 71.4 Å². The molecule has 59 heavy (non-hydrogen) atoms. The van der Waals surface area contributed by atoms with Crippen LogP contribution in [0.4, 0.5) is 0 Å². The van der Waals surface area contributed by atoms with E-state index in [0.717, 1.165) is 37.2 Å². The molecule has 0 aliphatic carbocycles. The Morgan fingerprint density at radius 2 is 1.07 bits per heavy atom. The lowest BCUT2D eigenvalue weighted by atomic mass is 10.1. The van der Waals surface area contributed by atoms with Gasteiger partial charge in [-0.05, 0) is 87.3 Å². The molecule has 4 aromatic carbocycles. The Morgan fingerprint density at radius 1 is 0.661 bits per heavy atom. The zero-order valence-electron chi connectivity index (χ0n) is 35.4. The number of methoxy groups -OCH3 is 4. The highest BCUT2D eigenvalue weighted by Gasteiger charge is 2.25. The molecule has 6 rings (SSSR count). The Bertz CT molecular complexity index is 1820. The number of nitrogens with one attached hydrogen (secondary N) is 1. The van der Waals surface area contributed by atoms with Crippen molar-refractivity contribution >= 4 is 11.9 Å². The monoisotopic (exact) mass is 814 g/mol. The predicted molar refractivity (Wildman–Crippen MR) is 230 cm³/mol. The van der Waals surface area contributed by atoms with E-state index in [1.807, 2.05) is 60.7 Å². The number of carboxylic acid groups (broad SMARTS) is 1. The average Bonchev–Trinajstić information content (AvgIpc) is 3.96. The molecule has 2 aliphatic rings. The number of benzene rings is 4. The highest BCUT2D eigenvalue weighted by molar-refractivity contribution is 5.95. The summed E-state index contributed by atoms with van der Waals surface area (Å²) in [6.07, 6.45) is 4.95. The predicted octanol–water partition coefficient (Wildman–Crippen LogP) is 6.91. The molecule has 0 aromatic heterocycles. The maximum atomic E-state index is 12.7. The number of hydrogen-bond donors (Lipinski definition) is 3. The van der Waals surface area contributed by atoms with Gasteiger partial charge < -0.3 is 44.6 Å². The Hall–Kier alpha value is -5.50. The summed E-state index contributed by atoms with van der Waals surface area (Å²) in [5, 5.41) is 12.1. The van der Waals surface area contributed by atoms with Crippen molar-refractivity contribution in [2.75, 3.05) is 67.7 Å². The average molecular weight is 815 g/mol. The largest absolute Gasteiger partial charge is 0.493 e. The molecule has 2 heterocycles. The topological polar surface area (TPSA) is 154 Å². The van der Waals surface area contributed by atoms with E-state index in [1.165, 1.54) is 58.7 Å². The molecule has 0 saturated carbocycles. The highest BCUT2D eigenvalue weighted by atomic mass is 16.5. The number of nitrogens with zero attached hydrogens (tertiary/aromatic N) is 2. The lowest BCUT2D eigenvalue weighted by Crippen LogP contribution is -2.40. The number of amides is 1. The van der Waals surface area contributed by atoms with Crippen LogP contribution in [0.25, 0.3) is 0 Å². The van der Waals surface area contributed by atoms with Crippen molar-refractivity contribution in [2.24, 2.45) is 5.73 Å². The van der Waals surface area contributed by atoms with Crippen molar-refractivity contribution in [2.45, 2.75) is 64.8 Å². The van der Waals surface area contributed by atoms with Crippen molar-refractivity contribution in [3.63, 3.8) is 0 Å². The van der Waals surface area contributed by atoms with Crippen LogP contribution in [-0.4, -0.2) is 107 Å². The number of ether oxygens (including phenoxy) is 6. The van der Waals surface area contributed by atoms with Crippen LogP contribution >= 0.6 is 0 Å². The molecule has 320 valence electrons. The molecule has 0 bridgehead atoms. The van der Waals surface area contributed by atoms with Gasteiger partial charge in [-0.15, -0.1) is 0 Å². The lowest BCUT2D eigenvalue weighted by molar-refractivity contribution is 0.0695. The van der Waals surface area contributed by atoms with Gasteiger partial charge >= 0.3 is 5.97 Å². The smallest absolute Gasteiger partial charge is 0.335 e. The van der Waals surface area contributed by atoms with Crippen LogP contribution in [0, 0.1) is 0 Å². The number of likely N-dealkylation sites (tertiary alicyclic amines) is 2. The van der Waals surface area contributed by atoms with Crippen LogP contribution in [0.15, 0.2) is 84.9 Å². The third-order valence-electron chi connectivity index (χ3n) is 10.5. The van der Waals surface area contributed by atoms with Crippen molar-refractivity contribution in [3.05, 3.63) is 107 Å². The minimum atomic E-state index is -1.05. The molecular formula is C46H62N4O9. The van der Waals surface area contributed by atoms with E-state index >= 15 is 0 Å². The first-order valence-electron chi connectivity index (χ1n) is 20.2. The van der Waals surface area contributed by atoms with Crippen LogP contribution in [0.3, 0.4) is 0 Å². The third-order valence-corrected chi connectivity index (χ3v) is 10.5. The summed E-state index contributed by atoms with van der Waals surface area (Å²) in [6, 6.07) is 26.8. The van der Waals surface area contributed by atoms with Crippen LogP contribution < -0.4 is 39.5 Å². The molecule has 0 spiro atoms. The minimum Gasteiger partial charge on any atom is -0.493 e. The van der Waals surface area contributed by atoms with E-state index in [4.69, 9.17) is 39.3 Å². The van der Waals surface area contributed by atoms with E-state index in [9.17, 15) is 9.59 Å². The molecule has 2 aliphatic heterocycles. The zero-order chi connectivity index (χ0) is 42.6. The number of carbonyl (C=O) groups excluding carboxylic acids is 1. The number of nitrogens with two attached hydrogens (primary N) is 1. The van der Waals surface area contributed by atoms with Gasteiger partial charge in [0, 0.05) is 30.7 Å². The quantitative estimate of drug-likeness (QED) is 0.102. The molecule has 13 nitrogen and oxygen atoms in total. The molecule has 1 amide bonds. The van der Waals surface area contributed by atoms with Crippen molar-refractivity contribution in [1.29, 1.82) is 0 Å². The van der Waals surface area contributed by atoms with Gasteiger partial charge in [-0.1, -0.05) is 74.5 Å². The van der Waals surface area contributed by atoms with Crippen LogP contribution in [0.2, 0.25) is 0 Å². The van der Waals surface area contributed by atoms with E-state index < -0.39 is 5.97 Å². The molecule has 4 N–H and O–H groups in total. The maximum Gasteiger partial charge on any atom is 0.335 e. The Kier molecular flexibility index (Phi) is 19.1. The van der Waals surface area contributed by atoms with Gasteiger partial charge in [0.25, 0.3) is 5.91 Å². The number of hydrogen-bond acceptors (Lipinski definition) is 11. The zero-order valence-corrected chi connectivity index (χ0v) is 35.4. The van der Waals surface area contributed by atoms with E-state index in [2.05, 4.69) is 29.0 Å². The third kappa shape index (κ3) is 13.5. The number of carboxylic acids is 1. The molecular weight excluding hydrogens is 753 g/mol. The first kappa shape index (κ1) is 46.2. The summed E-state index contributed by atoms with van der Waals surface area (Å²) < 4.78 is 33.1. The van der Waals surface area contributed by atoms with Gasteiger partial charge in [-0.3, -0.25) is 14.6 Å². The molecule has 2 atom stereocenters. The van der Waals surface area contributed by atoms with E-state index in [-0.39, 0.29) is 11.5 Å². The number of likely N-dealkylation sites (N-methyl/N-ethyl adjacent to an activating group) is 2. The SMILES string of the molecule is CCN1CCC[C@@H]1CN.CCN1CCC[C@@H]1CNC(=O)c1cc(OC)c(OCc2ccccc2)c(OC)c1.COc1cc(C(=O)O)cc(OC)c1OCc1ccccc1. The normalized spacial score (nSPS) is 16.1. The second-order valence-corrected chi connectivity index (χ2v) is 14.1. The molecule has 4 aromatic rings. The number of aromatic carboxylic acids is 1. The highest BCUT2D eigenvalue weighted by Crippen LogP contribution is 2.40. The van der Waals surface area contributed by atoms with E-state index in [1.54, 1.807) is 26.4 Å². The standard InChI is InChI=1S/C23H30N2O4.C16H16O5.C7H16N2/c1-4-25-12-8-11-19(25)15-24-23(26)18-13-20(27-2)22(21(14-18)28-3)29-16-17-9-6-5-7-10-17;1-19-13-8-12(16(17)18)9-14(20-2)15(13)21-10-11-6-4-3-5-7-11;1-2-9-5-3-4-7(9)6-8/h5-7,9-10,13-14,19H,4,8,11-12,15-16H2,1-3H3,(H,24,26);3-9H,10H2,1-2H3,(H,17,18);7H,2-6,8H2,1H3/t19-;;7-/m1.1/s1. The second-order valence-electron chi connectivity index (χ2n) is 14.1. The Morgan fingerprint density at radius 3 is 1.44 bits per heavy atom. The molecule has 2 saturated heterocycles. The van der Waals surface area contributed by atoms with Gasteiger partial charge in [0.1, 0.15) is 13.2 Å². The van der Waals surface area contributed by atoms with Gasteiger partial charge in [0.15, 0.2) is 23.0 Å². The molecule has 0 unspecified atom stereocenters. The Labute approximate surface area is 349 Å².